The maximum absolute atomic E-state index is 12.6. The molecule has 0 atom stereocenters. The lowest BCUT2D eigenvalue weighted by atomic mass is 9.78. The van der Waals surface area contributed by atoms with Gasteiger partial charge in [-0.25, -0.2) is 0 Å². The van der Waals surface area contributed by atoms with Crippen LogP contribution in [0.2, 0.25) is 0 Å². The number of amides is 1. The van der Waals surface area contributed by atoms with Crippen LogP contribution in [0.15, 0.2) is 154 Å². The van der Waals surface area contributed by atoms with Crippen LogP contribution in [0.1, 0.15) is 96.8 Å². The van der Waals surface area contributed by atoms with Gasteiger partial charge in [-0.15, -0.1) is 0 Å². The predicted octanol–water partition coefficient (Wildman–Crippen LogP) is 10.9. The zero-order valence-corrected chi connectivity index (χ0v) is 45.1. The lowest BCUT2D eigenvalue weighted by Gasteiger charge is -2.27. The van der Waals surface area contributed by atoms with Crippen LogP contribution in [-0.2, 0) is 52.4 Å². The molecule has 2 heterocycles. The van der Waals surface area contributed by atoms with Crippen molar-refractivity contribution < 1.29 is 53.0 Å². The smallest absolute Gasteiger partial charge is 0.295 e. The van der Waals surface area contributed by atoms with Crippen LogP contribution in [0, 0.1) is 0 Å². The summed E-state index contributed by atoms with van der Waals surface area (Å²) in [6.07, 6.45) is 12.9. The Hall–Kier alpha value is -6.21. The molecule has 0 saturated carbocycles. The van der Waals surface area contributed by atoms with E-state index in [1.54, 1.807) is 37.3 Å². The van der Waals surface area contributed by atoms with Gasteiger partial charge in [-0.1, -0.05) is 76.2 Å². The third kappa shape index (κ3) is 11.1. The Bertz CT molecular complexity index is 3620. The summed E-state index contributed by atoms with van der Waals surface area (Å²) < 4.78 is 113. The molecular formula is C57H64N3O11S3+. The second kappa shape index (κ2) is 20.8. The van der Waals surface area contributed by atoms with Gasteiger partial charge in [-0.2, -0.15) is 29.8 Å². The van der Waals surface area contributed by atoms with Gasteiger partial charge < -0.3 is 15.0 Å². The zero-order valence-electron chi connectivity index (χ0n) is 42.6. The highest BCUT2D eigenvalue weighted by Gasteiger charge is 2.46. The molecule has 1 aliphatic carbocycles. The summed E-state index contributed by atoms with van der Waals surface area (Å²) in [5.41, 5.74) is 7.12. The van der Waals surface area contributed by atoms with Gasteiger partial charge in [0.05, 0.1) is 16.1 Å². The van der Waals surface area contributed by atoms with Gasteiger partial charge >= 0.3 is 0 Å². The van der Waals surface area contributed by atoms with Crippen LogP contribution in [-0.4, -0.2) is 80.5 Å². The molecule has 3 aliphatic rings. The Kier molecular flexibility index (Phi) is 15.2. The highest BCUT2D eigenvalue weighted by molar-refractivity contribution is 7.86. The van der Waals surface area contributed by atoms with Crippen LogP contribution in [0.5, 0.6) is 5.75 Å². The first-order valence-corrected chi connectivity index (χ1v) is 29.3. The Labute approximate surface area is 434 Å². The van der Waals surface area contributed by atoms with E-state index in [9.17, 15) is 43.7 Å². The van der Waals surface area contributed by atoms with Gasteiger partial charge in [0, 0.05) is 65.0 Å². The highest BCUT2D eigenvalue weighted by atomic mass is 32.2. The Morgan fingerprint density at radius 1 is 0.811 bits per heavy atom. The molecule has 0 aromatic heterocycles. The molecule has 0 saturated heterocycles. The highest BCUT2D eigenvalue weighted by Crippen LogP contribution is 2.52. The van der Waals surface area contributed by atoms with E-state index in [0.29, 0.717) is 60.2 Å². The monoisotopic (exact) mass is 1060 g/mol. The number of hydrogen-bond acceptors (Lipinski definition) is 9. The van der Waals surface area contributed by atoms with Crippen molar-refractivity contribution in [2.45, 2.75) is 107 Å². The molecule has 0 unspecified atom stereocenters. The van der Waals surface area contributed by atoms with Crippen molar-refractivity contribution >= 4 is 74.9 Å². The van der Waals surface area contributed by atoms with E-state index in [0.717, 1.165) is 80.7 Å². The number of allylic oxidation sites excluding steroid dienone is 7. The normalized spacial score (nSPS) is 17.8. The topological polar surface area (TPSA) is 208 Å². The third-order valence-corrected chi connectivity index (χ3v) is 16.9. The fourth-order valence-electron chi connectivity index (χ4n) is 10.8. The summed E-state index contributed by atoms with van der Waals surface area (Å²) in [6, 6.07) is 24.7. The SMILES string of the molecule is C=C(C)C(=O)NCCc1ccc(OC2=C(/C=C/C3=[N+](CCCC)c4ccc5ccc(S(=O)(=O)O)cc5c4C3(C)C)CCC/C2=C\C=C2\N(CCCS(=O)(=O)O)c3ccc4c(S(=O)(=O)O)cccc4c3C2(C)C)cc1. The van der Waals surface area contributed by atoms with Crippen molar-refractivity contribution in [2.75, 3.05) is 30.3 Å². The van der Waals surface area contributed by atoms with E-state index >= 15 is 0 Å². The van der Waals surface area contributed by atoms with Gasteiger partial charge in [0.1, 0.15) is 22.9 Å². The fourth-order valence-corrected chi connectivity index (χ4v) is 12.5. The third-order valence-electron chi connectivity index (χ3n) is 14.3. The van der Waals surface area contributed by atoms with E-state index < -0.39 is 46.9 Å². The molecule has 1 amide bonds. The minimum absolute atomic E-state index is 0.0939. The number of ether oxygens (including phenoxy) is 1. The first kappa shape index (κ1) is 54.1. The standard InChI is InChI=1S/C57H63N3O11S3/c1-8-9-33-59-47-27-20-39-19-25-43(73(65,66)67)36-46(39)53(47)57(6,7)51(59)30-22-41-14-10-13-40(54(41)71-42-23-17-38(18-24-42)31-32-58-55(61)37(2)3)21-29-50-56(4,5)52-45-15-11-16-49(74(68,69)70)44(45)26-28-48(52)60(50)34-12-35-72(62,63)64/h11,15-30,36H,2,8-10,12-14,31-35H2,1,3-7H3,(H3-,58,61,62,63,64,65,66,67,68,69,70)/p+1. The molecule has 0 bridgehead atoms. The summed E-state index contributed by atoms with van der Waals surface area (Å²) in [5.74, 6) is 0.573. The average molecular weight is 1060 g/mol. The number of fused-ring (bicyclic) bond motifs is 6. The largest absolute Gasteiger partial charge is 0.457 e. The number of carbonyl (C=O) groups is 1. The molecule has 0 radical (unpaired) electrons. The number of anilines is 1. The van der Waals surface area contributed by atoms with Crippen molar-refractivity contribution in [1.82, 2.24) is 5.32 Å². The van der Waals surface area contributed by atoms with Crippen molar-refractivity contribution in [1.29, 1.82) is 0 Å². The minimum Gasteiger partial charge on any atom is -0.457 e. The maximum Gasteiger partial charge on any atom is 0.295 e. The molecule has 0 spiro atoms. The maximum atomic E-state index is 12.6. The summed E-state index contributed by atoms with van der Waals surface area (Å²) in [6.45, 7) is 17.2. The minimum atomic E-state index is -4.58. The van der Waals surface area contributed by atoms with E-state index in [1.807, 2.05) is 67.3 Å². The van der Waals surface area contributed by atoms with Gasteiger partial charge in [0.2, 0.25) is 11.6 Å². The first-order valence-electron chi connectivity index (χ1n) is 24.8. The van der Waals surface area contributed by atoms with Crippen LogP contribution >= 0.6 is 0 Å². The summed E-state index contributed by atoms with van der Waals surface area (Å²) >= 11 is 0. The molecule has 2 aliphatic heterocycles. The van der Waals surface area contributed by atoms with Crippen molar-refractivity contribution in [3.63, 3.8) is 0 Å². The molecule has 14 nitrogen and oxygen atoms in total. The van der Waals surface area contributed by atoms with Gasteiger partial charge in [0.15, 0.2) is 5.71 Å². The number of carbonyl (C=O) groups excluding carboxylic acids is 1. The van der Waals surface area contributed by atoms with E-state index in [-0.39, 0.29) is 28.7 Å². The first-order chi connectivity index (χ1) is 34.8. The lowest BCUT2D eigenvalue weighted by Crippen LogP contribution is -2.28. The van der Waals surface area contributed by atoms with E-state index in [2.05, 4.69) is 55.5 Å². The van der Waals surface area contributed by atoms with Crippen molar-refractivity contribution in [3.8, 4) is 5.75 Å². The quantitative estimate of drug-likeness (QED) is 0.0367. The second-order valence-corrected chi connectivity index (χ2v) is 24.7. The van der Waals surface area contributed by atoms with Crippen LogP contribution < -0.4 is 15.0 Å². The van der Waals surface area contributed by atoms with E-state index in [4.69, 9.17) is 4.74 Å². The number of unbranched alkanes of at least 4 members (excludes halogenated alkanes) is 1. The number of nitrogens with one attached hydrogen (secondary N) is 1. The zero-order chi connectivity index (χ0) is 53.5. The summed E-state index contributed by atoms with van der Waals surface area (Å²) in [4.78, 5) is 13.8. The molecule has 5 aromatic rings. The number of hydrogen-bond donors (Lipinski definition) is 4. The van der Waals surface area contributed by atoms with Crippen molar-refractivity contribution in [3.05, 3.63) is 161 Å². The Morgan fingerprint density at radius 2 is 1.54 bits per heavy atom. The van der Waals surface area contributed by atoms with Crippen LogP contribution in [0.4, 0.5) is 11.4 Å². The van der Waals surface area contributed by atoms with E-state index in [1.165, 1.54) is 12.1 Å². The molecule has 390 valence electrons. The molecular weight excluding hydrogens is 999 g/mol. The average Bonchev–Trinajstić information content (AvgIpc) is 3.69. The number of nitrogens with zero attached hydrogens (tertiary/aromatic N) is 2. The number of benzene rings is 5. The molecule has 0 fully saturated rings. The van der Waals surface area contributed by atoms with Crippen LogP contribution in [0.25, 0.3) is 21.5 Å². The molecule has 8 rings (SSSR count). The summed E-state index contributed by atoms with van der Waals surface area (Å²) in [5, 5.41) is 5.43. The Balaban J connectivity index is 1.26. The fraction of sp³-hybridized carbons (Fsp3) is 0.333. The molecule has 74 heavy (non-hydrogen) atoms. The lowest BCUT2D eigenvalue weighted by molar-refractivity contribution is -0.438. The Morgan fingerprint density at radius 3 is 2.22 bits per heavy atom. The molecule has 5 aromatic carbocycles. The number of rotatable bonds is 18. The van der Waals surface area contributed by atoms with Gasteiger partial charge in [-0.05, 0) is 146 Å². The molecule has 17 heteroatoms. The molecule has 4 N–H and O–H groups in total. The second-order valence-electron chi connectivity index (χ2n) is 20.4. The predicted molar refractivity (Wildman–Crippen MR) is 291 cm³/mol. The van der Waals surface area contributed by atoms with Gasteiger partial charge in [-0.3, -0.25) is 18.5 Å². The van der Waals surface area contributed by atoms with Crippen molar-refractivity contribution in [2.24, 2.45) is 0 Å². The van der Waals surface area contributed by atoms with Crippen LogP contribution in [0.3, 0.4) is 0 Å². The van der Waals surface area contributed by atoms with Gasteiger partial charge in [0.25, 0.3) is 30.4 Å². The summed E-state index contributed by atoms with van der Waals surface area (Å²) in [7, 11) is -13.3.